The largest absolute Gasteiger partial charge is 0.493 e. The molecule has 0 fully saturated rings. The highest BCUT2D eigenvalue weighted by Crippen LogP contribution is 2.28. The van der Waals surface area contributed by atoms with Crippen LogP contribution in [0.2, 0.25) is 0 Å². The van der Waals surface area contributed by atoms with Crippen molar-refractivity contribution in [3.05, 3.63) is 29.8 Å². The van der Waals surface area contributed by atoms with Gasteiger partial charge in [-0.05, 0) is 37.6 Å². The molecule has 0 saturated heterocycles. The van der Waals surface area contributed by atoms with Crippen molar-refractivity contribution in [3.63, 3.8) is 0 Å². The van der Waals surface area contributed by atoms with E-state index in [1.165, 1.54) is 6.08 Å². The van der Waals surface area contributed by atoms with E-state index in [2.05, 4.69) is 5.32 Å². The molecule has 116 valence electrons. The molecule has 0 unspecified atom stereocenters. The second kappa shape index (κ2) is 9.83. The monoisotopic (exact) mass is 293 g/mol. The van der Waals surface area contributed by atoms with Crippen molar-refractivity contribution in [1.29, 1.82) is 0 Å². The average molecular weight is 293 g/mol. The van der Waals surface area contributed by atoms with E-state index in [1.807, 2.05) is 32.0 Å². The van der Waals surface area contributed by atoms with Crippen LogP contribution in [0.5, 0.6) is 11.5 Å². The molecule has 0 aromatic heterocycles. The zero-order valence-electron chi connectivity index (χ0n) is 12.8. The number of hydrogen-bond acceptors (Lipinski definition) is 4. The van der Waals surface area contributed by atoms with Crippen molar-refractivity contribution in [3.8, 4) is 11.5 Å². The summed E-state index contributed by atoms with van der Waals surface area (Å²) < 4.78 is 15.8. The molecule has 1 N–H and O–H groups in total. The van der Waals surface area contributed by atoms with Crippen LogP contribution in [0.25, 0.3) is 6.08 Å². The van der Waals surface area contributed by atoms with E-state index in [4.69, 9.17) is 14.2 Å². The van der Waals surface area contributed by atoms with Crippen LogP contribution in [-0.2, 0) is 9.53 Å². The third kappa shape index (κ3) is 6.31. The Morgan fingerprint density at radius 3 is 2.71 bits per heavy atom. The summed E-state index contributed by atoms with van der Waals surface area (Å²) >= 11 is 0. The molecule has 1 aromatic rings. The van der Waals surface area contributed by atoms with Gasteiger partial charge >= 0.3 is 0 Å². The smallest absolute Gasteiger partial charge is 0.244 e. The quantitative estimate of drug-likeness (QED) is 0.560. The zero-order valence-corrected chi connectivity index (χ0v) is 12.8. The van der Waals surface area contributed by atoms with Crippen molar-refractivity contribution in [2.24, 2.45) is 0 Å². The minimum Gasteiger partial charge on any atom is -0.493 e. The third-order valence-corrected chi connectivity index (χ3v) is 2.66. The summed E-state index contributed by atoms with van der Waals surface area (Å²) in [6, 6.07) is 5.52. The number of amides is 1. The normalized spacial score (nSPS) is 10.6. The molecule has 0 spiro atoms. The fourth-order valence-corrected chi connectivity index (χ4v) is 1.69. The van der Waals surface area contributed by atoms with Gasteiger partial charge in [-0.2, -0.15) is 0 Å². The third-order valence-electron chi connectivity index (χ3n) is 2.66. The Kier molecular flexibility index (Phi) is 7.97. The predicted octanol–water partition coefficient (Wildman–Crippen LogP) is 2.26. The molecule has 0 atom stereocenters. The highest BCUT2D eigenvalue weighted by molar-refractivity contribution is 5.91. The molecule has 0 aliphatic heterocycles. The Balaban J connectivity index is 2.58. The van der Waals surface area contributed by atoms with Crippen molar-refractivity contribution in [2.75, 3.05) is 33.5 Å². The fraction of sp³-hybridized carbons (Fsp3) is 0.438. The van der Waals surface area contributed by atoms with E-state index < -0.39 is 0 Å². The maximum atomic E-state index is 11.6. The van der Waals surface area contributed by atoms with Crippen LogP contribution in [0.3, 0.4) is 0 Å². The first-order valence-corrected chi connectivity index (χ1v) is 7.05. The van der Waals surface area contributed by atoms with Crippen molar-refractivity contribution in [1.82, 2.24) is 5.32 Å². The summed E-state index contributed by atoms with van der Waals surface area (Å²) in [5.74, 6) is 1.19. The highest BCUT2D eigenvalue weighted by Gasteiger charge is 2.04. The second-order valence-electron chi connectivity index (χ2n) is 4.16. The van der Waals surface area contributed by atoms with Gasteiger partial charge in [0.05, 0.1) is 20.3 Å². The first kappa shape index (κ1) is 17.0. The number of ether oxygens (including phenoxy) is 3. The summed E-state index contributed by atoms with van der Waals surface area (Å²) in [6.45, 7) is 6.06. The van der Waals surface area contributed by atoms with Crippen LogP contribution in [0.1, 0.15) is 19.4 Å². The SMILES string of the molecule is CCOCCNC(=O)/C=C/c1ccc(OC)c(OCC)c1. The molecular weight excluding hydrogens is 270 g/mol. The molecule has 0 saturated carbocycles. The Labute approximate surface area is 125 Å². The summed E-state index contributed by atoms with van der Waals surface area (Å²) in [5.41, 5.74) is 0.874. The van der Waals surface area contributed by atoms with Gasteiger partial charge in [0.15, 0.2) is 11.5 Å². The van der Waals surface area contributed by atoms with E-state index in [0.717, 1.165) is 5.56 Å². The van der Waals surface area contributed by atoms with E-state index in [1.54, 1.807) is 13.2 Å². The number of carbonyl (C=O) groups is 1. The van der Waals surface area contributed by atoms with Crippen molar-refractivity contribution >= 4 is 12.0 Å². The molecule has 0 bridgehead atoms. The Bertz CT molecular complexity index is 471. The molecule has 1 amide bonds. The van der Waals surface area contributed by atoms with Crippen molar-refractivity contribution < 1.29 is 19.0 Å². The van der Waals surface area contributed by atoms with Crippen LogP contribution >= 0.6 is 0 Å². The Morgan fingerprint density at radius 1 is 1.24 bits per heavy atom. The van der Waals surface area contributed by atoms with Crippen LogP contribution in [0, 0.1) is 0 Å². The number of nitrogens with one attached hydrogen (secondary N) is 1. The second-order valence-corrected chi connectivity index (χ2v) is 4.16. The van der Waals surface area contributed by atoms with Gasteiger partial charge in [0.2, 0.25) is 5.91 Å². The van der Waals surface area contributed by atoms with E-state index in [0.29, 0.717) is 37.9 Å². The predicted molar refractivity (Wildman–Crippen MR) is 82.7 cm³/mol. The van der Waals surface area contributed by atoms with Crippen LogP contribution in [0.15, 0.2) is 24.3 Å². The van der Waals surface area contributed by atoms with Gasteiger partial charge in [-0.25, -0.2) is 0 Å². The Hall–Kier alpha value is -2.01. The maximum absolute atomic E-state index is 11.6. The van der Waals surface area contributed by atoms with Gasteiger partial charge in [0.1, 0.15) is 0 Å². The fourth-order valence-electron chi connectivity index (χ4n) is 1.69. The zero-order chi connectivity index (χ0) is 15.5. The standard InChI is InChI=1S/C16H23NO4/c1-4-20-11-10-17-16(18)9-7-13-6-8-14(19-3)15(12-13)21-5-2/h6-9,12H,4-5,10-11H2,1-3H3,(H,17,18)/b9-7+. The molecule has 0 heterocycles. The first-order valence-electron chi connectivity index (χ1n) is 7.05. The number of methoxy groups -OCH3 is 1. The van der Waals surface area contributed by atoms with Gasteiger partial charge in [-0.15, -0.1) is 0 Å². The molecule has 21 heavy (non-hydrogen) atoms. The molecule has 1 aromatic carbocycles. The number of hydrogen-bond donors (Lipinski definition) is 1. The molecule has 0 aliphatic carbocycles. The summed E-state index contributed by atoms with van der Waals surface area (Å²) in [4.78, 5) is 11.6. The van der Waals surface area contributed by atoms with Gasteiger partial charge in [0, 0.05) is 19.2 Å². The Morgan fingerprint density at radius 2 is 2.05 bits per heavy atom. The minimum absolute atomic E-state index is 0.150. The first-order chi connectivity index (χ1) is 10.2. The van der Waals surface area contributed by atoms with E-state index in [-0.39, 0.29) is 5.91 Å². The topological polar surface area (TPSA) is 56.8 Å². The molecular formula is C16H23NO4. The number of rotatable bonds is 9. The van der Waals surface area contributed by atoms with Crippen LogP contribution in [0.4, 0.5) is 0 Å². The van der Waals surface area contributed by atoms with Crippen LogP contribution < -0.4 is 14.8 Å². The molecule has 5 heteroatoms. The molecule has 0 radical (unpaired) electrons. The molecule has 0 aliphatic rings. The van der Waals surface area contributed by atoms with Gasteiger partial charge in [-0.1, -0.05) is 6.07 Å². The highest BCUT2D eigenvalue weighted by atomic mass is 16.5. The lowest BCUT2D eigenvalue weighted by Crippen LogP contribution is -2.25. The van der Waals surface area contributed by atoms with Gasteiger partial charge in [-0.3, -0.25) is 4.79 Å². The molecule has 5 nitrogen and oxygen atoms in total. The average Bonchev–Trinajstić information content (AvgIpc) is 2.50. The lowest BCUT2D eigenvalue weighted by molar-refractivity contribution is -0.116. The lowest BCUT2D eigenvalue weighted by atomic mass is 10.2. The molecule has 1 rings (SSSR count). The minimum atomic E-state index is -0.150. The lowest BCUT2D eigenvalue weighted by Gasteiger charge is -2.09. The number of benzene rings is 1. The summed E-state index contributed by atoms with van der Waals surface area (Å²) in [5, 5.41) is 2.74. The summed E-state index contributed by atoms with van der Waals surface area (Å²) in [7, 11) is 1.60. The van der Waals surface area contributed by atoms with E-state index >= 15 is 0 Å². The van der Waals surface area contributed by atoms with E-state index in [9.17, 15) is 4.79 Å². The van der Waals surface area contributed by atoms with Gasteiger partial charge in [0.25, 0.3) is 0 Å². The van der Waals surface area contributed by atoms with Crippen LogP contribution in [-0.4, -0.2) is 39.4 Å². The van der Waals surface area contributed by atoms with Gasteiger partial charge < -0.3 is 19.5 Å². The van der Waals surface area contributed by atoms with Crippen molar-refractivity contribution in [2.45, 2.75) is 13.8 Å². The maximum Gasteiger partial charge on any atom is 0.244 e. The number of carbonyl (C=O) groups excluding carboxylic acids is 1. The summed E-state index contributed by atoms with van der Waals surface area (Å²) in [6.07, 6.45) is 3.22.